The minimum Gasteiger partial charge on any atom is -0.380 e. The van der Waals surface area contributed by atoms with Crippen LogP contribution in [0.2, 0.25) is 0 Å². The van der Waals surface area contributed by atoms with Crippen molar-refractivity contribution in [2.75, 3.05) is 7.11 Å². The molecule has 14 heavy (non-hydrogen) atoms. The normalized spacial score (nSPS) is 10.7. The first-order chi connectivity index (χ1) is 6.50. The number of halogens is 2. The van der Waals surface area contributed by atoms with E-state index in [9.17, 15) is 8.78 Å². The van der Waals surface area contributed by atoms with Crippen LogP contribution in [-0.4, -0.2) is 7.11 Å². The highest BCUT2D eigenvalue weighted by Crippen LogP contribution is 2.24. The summed E-state index contributed by atoms with van der Waals surface area (Å²) in [5, 5.41) is 0. The lowest BCUT2D eigenvalue weighted by molar-refractivity contribution is 0.177. The summed E-state index contributed by atoms with van der Waals surface area (Å²) < 4.78 is 31.8. The van der Waals surface area contributed by atoms with E-state index >= 15 is 0 Å². The molecule has 0 aliphatic heterocycles. The highest BCUT2D eigenvalue weighted by Gasteiger charge is 2.17. The smallest absolute Gasteiger partial charge is 0.134 e. The van der Waals surface area contributed by atoms with Crippen LogP contribution in [0, 0.1) is 32.4 Å². The molecule has 0 saturated heterocycles. The van der Waals surface area contributed by atoms with Crippen molar-refractivity contribution < 1.29 is 13.5 Å². The average Bonchev–Trinajstić information content (AvgIpc) is 2.19. The van der Waals surface area contributed by atoms with Gasteiger partial charge < -0.3 is 4.74 Å². The Morgan fingerprint density at radius 2 is 1.57 bits per heavy atom. The third kappa shape index (κ3) is 1.64. The monoisotopic (exact) mass is 199 g/mol. The van der Waals surface area contributed by atoms with Gasteiger partial charge in [-0.15, -0.1) is 0 Å². The predicted molar refractivity (Wildman–Crippen MR) is 51.0 cm³/mol. The standard InChI is InChI=1S/C11H13F2O/c1-6-7(2)10(12)9(5-14-4)11(13)8(6)3/h1,5H2,2-4H3. The van der Waals surface area contributed by atoms with Crippen molar-refractivity contribution in [3.05, 3.63) is 40.8 Å². The maximum absolute atomic E-state index is 13.5. The predicted octanol–water partition coefficient (Wildman–Crippen LogP) is 2.91. The van der Waals surface area contributed by atoms with Gasteiger partial charge in [-0.05, 0) is 37.5 Å². The maximum atomic E-state index is 13.5. The number of benzene rings is 1. The molecule has 0 bridgehead atoms. The van der Waals surface area contributed by atoms with Gasteiger partial charge in [-0.2, -0.15) is 0 Å². The topological polar surface area (TPSA) is 9.23 Å². The molecule has 1 nitrogen and oxygen atoms in total. The Hall–Kier alpha value is -0.960. The summed E-state index contributed by atoms with van der Waals surface area (Å²) >= 11 is 0. The van der Waals surface area contributed by atoms with E-state index in [0.29, 0.717) is 16.7 Å². The van der Waals surface area contributed by atoms with Crippen LogP contribution in [0.25, 0.3) is 0 Å². The lowest BCUT2D eigenvalue weighted by Gasteiger charge is -2.12. The van der Waals surface area contributed by atoms with Crippen molar-refractivity contribution in [2.45, 2.75) is 20.5 Å². The van der Waals surface area contributed by atoms with Gasteiger partial charge in [-0.3, -0.25) is 0 Å². The summed E-state index contributed by atoms with van der Waals surface area (Å²) in [6, 6.07) is 0. The summed E-state index contributed by atoms with van der Waals surface area (Å²) in [6.07, 6.45) is 0. The van der Waals surface area contributed by atoms with E-state index in [1.807, 2.05) is 0 Å². The molecule has 1 aromatic rings. The van der Waals surface area contributed by atoms with E-state index < -0.39 is 11.6 Å². The number of hydrogen-bond donors (Lipinski definition) is 0. The van der Waals surface area contributed by atoms with Crippen molar-refractivity contribution >= 4 is 0 Å². The Kier molecular flexibility index (Phi) is 3.21. The zero-order chi connectivity index (χ0) is 10.9. The van der Waals surface area contributed by atoms with Gasteiger partial charge in [0.25, 0.3) is 0 Å². The van der Waals surface area contributed by atoms with Crippen molar-refractivity contribution in [3.8, 4) is 0 Å². The van der Waals surface area contributed by atoms with Crippen LogP contribution < -0.4 is 0 Å². The van der Waals surface area contributed by atoms with E-state index in [4.69, 9.17) is 4.74 Å². The van der Waals surface area contributed by atoms with Gasteiger partial charge in [0.1, 0.15) is 11.6 Å². The van der Waals surface area contributed by atoms with E-state index in [1.165, 1.54) is 7.11 Å². The van der Waals surface area contributed by atoms with Crippen LogP contribution in [0.15, 0.2) is 0 Å². The van der Waals surface area contributed by atoms with E-state index in [-0.39, 0.29) is 12.2 Å². The number of methoxy groups -OCH3 is 1. The molecule has 0 atom stereocenters. The lowest BCUT2D eigenvalue weighted by Crippen LogP contribution is -2.05. The summed E-state index contributed by atoms with van der Waals surface area (Å²) in [6.45, 7) is 6.74. The molecule has 0 aliphatic carbocycles. The summed E-state index contributed by atoms with van der Waals surface area (Å²) in [7, 11) is 1.40. The number of hydrogen-bond acceptors (Lipinski definition) is 1. The molecule has 0 N–H and O–H groups in total. The first-order valence-electron chi connectivity index (χ1n) is 4.28. The molecule has 1 aromatic carbocycles. The second-order valence-corrected chi connectivity index (χ2v) is 3.27. The summed E-state index contributed by atoms with van der Waals surface area (Å²) in [4.78, 5) is 0. The van der Waals surface area contributed by atoms with Crippen LogP contribution in [0.1, 0.15) is 22.3 Å². The molecule has 1 rings (SSSR count). The Labute approximate surface area is 82.7 Å². The highest BCUT2D eigenvalue weighted by atomic mass is 19.1. The molecular formula is C11H13F2O. The lowest BCUT2D eigenvalue weighted by atomic mass is 9.99. The van der Waals surface area contributed by atoms with Crippen LogP contribution in [-0.2, 0) is 11.3 Å². The molecule has 0 spiro atoms. The van der Waals surface area contributed by atoms with E-state index in [2.05, 4.69) is 6.92 Å². The van der Waals surface area contributed by atoms with E-state index in [1.54, 1.807) is 13.8 Å². The largest absolute Gasteiger partial charge is 0.380 e. The molecule has 3 heteroatoms. The molecule has 0 aliphatic rings. The van der Waals surface area contributed by atoms with E-state index in [0.717, 1.165) is 0 Å². The van der Waals surface area contributed by atoms with Crippen molar-refractivity contribution in [3.63, 3.8) is 0 Å². The van der Waals surface area contributed by atoms with Gasteiger partial charge >= 0.3 is 0 Å². The van der Waals surface area contributed by atoms with Gasteiger partial charge in [0.15, 0.2) is 0 Å². The Balaban J connectivity index is 3.43. The molecule has 0 aromatic heterocycles. The third-order valence-electron chi connectivity index (χ3n) is 2.38. The average molecular weight is 199 g/mol. The molecular weight excluding hydrogens is 186 g/mol. The fourth-order valence-electron chi connectivity index (χ4n) is 1.37. The Morgan fingerprint density at radius 1 is 1.14 bits per heavy atom. The van der Waals surface area contributed by atoms with Crippen molar-refractivity contribution in [2.24, 2.45) is 0 Å². The first-order valence-corrected chi connectivity index (χ1v) is 4.28. The molecule has 0 fully saturated rings. The number of ether oxygens (including phenoxy) is 1. The van der Waals surface area contributed by atoms with Gasteiger partial charge in [0.2, 0.25) is 0 Å². The van der Waals surface area contributed by atoms with Crippen LogP contribution in [0.5, 0.6) is 0 Å². The molecule has 0 amide bonds. The Bertz CT molecular complexity index is 330. The first kappa shape index (κ1) is 11.1. The second-order valence-electron chi connectivity index (χ2n) is 3.27. The van der Waals surface area contributed by atoms with Crippen LogP contribution >= 0.6 is 0 Å². The fraction of sp³-hybridized carbons (Fsp3) is 0.364. The van der Waals surface area contributed by atoms with Gasteiger partial charge in [-0.1, -0.05) is 0 Å². The summed E-state index contributed by atoms with van der Waals surface area (Å²) in [5.74, 6) is -1.11. The van der Waals surface area contributed by atoms with Crippen molar-refractivity contribution in [1.29, 1.82) is 0 Å². The minimum absolute atomic E-state index is 0.0186. The zero-order valence-corrected chi connectivity index (χ0v) is 8.58. The van der Waals surface area contributed by atoms with Gasteiger partial charge in [0.05, 0.1) is 6.61 Å². The molecule has 0 saturated carbocycles. The van der Waals surface area contributed by atoms with Crippen molar-refractivity contribution in [1.82, 2.24) is 0 Å². The highest BCUT2D eigenvalue weighted by molar-refractivity contribution is 5.42. The molecule has 0 unspecified atom stereocenters. The van der Waals surface area contributed by atoms with Gasteiger partial charge in [0, 0.05) is 12.7 Å². The van der Waals surface area contributed by atoms with Crippen LogP contribution in [0.4, 0.5) is 8.78 Å². The van der Waals surface area contributed by atoms with Crippen LogP contribution in [0.3, 0.4) is 0 Å². The molecule has 0 heterocycles. The zero-order valence-electron chi connectivity index (χ0n) is 8.58. The fourth-order valence-corrected chi connectivity index (χ4v) is 1.37. The molecule has 77 valence electrons. The van der Waals surface area contributed by atoms with Gasteiger partial charge in [-0.25, -0.2) is 8.78 Å². The number of rotatable bonds is 2. The summed E-state index contributed by atoms with van der Waals surface area (Å²) in [5.41, 5.74) is 1.17. The Morgan fingerprint density at radius 3 is 1.93 bits per heavy atom. The second kappa shape index (κ2) is 4.05. The quantitative estimate of drug-likeness (QED) is 0.711. The SMILES string of the molecule is [CH2]c1c(C)c(F)c(COC)c(F)c1C. The molecule has 1 radical (unpaired) electrons. The minimum atomic E-state index is -0.556. The third-order valence-corrected chi connectivity index (χ3v) is 2.38. The maximum Gasteiger partial charge on any atom is 0.134 e.